The third kappa shape index (κ3) is 5.27. The van der Waals surface area contributed by atoms with Crippen molar-refractivity contribution in [3.05, 3.63) is 49.1 Å². The van der Waals surface area contributed by atoms with Gasteiger partial charge < -0.3 is 0 Å². The second kappa shape index (κ2) is 6.88. The summed E-state index contributed by atoms with van der Waals surface area (Å²) in [6.07, 6.45) is 7.21. The van der Waals surface area contributed by atoms with Crippen LogP contribution >= 0.6 is 0 Å². The molecular weight excluding hydrogens is 162 g/mol. The van der Waals surface area contributed by atoms with Crippen LogP contribution in [0.2, 0.25) is 0 Å². The van der Waals surface area contributed by atoms with Gasteiger partial charge in [-0.2, -0.15) is 0 Å². The zero-order valence-corrected chi connectivity index (χ0v) is 8.51. The van der Waals surface area contributed by atoms with Crippen LogP contribution in [0.4, 0.5) is 0 Å². The Kier molecular flexibility index (Phi) is 5.68. The maximum atomic E-state index is 3.88. The molecule has 2 nitrogen and oxygen atoms in total. The van der Waals surface area contributed by atoms with Crippen molar-refractivity contribution in [1.29, 1.82) is 0 Å². The number of hydrogen-bond donors (Lipinski definition) is 0. The van der Waals surface area contributed by atoms with Crippen molar-refractivity contribution >= 4 is 43.9 Å². The first-order valence-electron chi connectivity index (χ1n) is 4.52. The van der Waals surface area contributed by atoms with Gasteiger partial charge in [0, 0.05) is 0 Å². The van der Waals surface area contributed by atoms with Crippen molar-refractivity contribution in [2.45, 2.75) is 0 Å². The molecule has 60 valence electrons. The molecule has 0 saturated heterocycles. The molecule has 0 saturated carbocycles. The molecule has 0 radical (unpaired) electrons. The van der Waals surface area contributed by atoms with Crippen LogP contribution in [0.15, 0.2) is 49.1 Å². The summed E-state index contributed by atoms with van der Waals surface area (Å²) >= 11 is 4.04. The van der Waals surface area contributed by atoms with E-state index < -0.39 is 0 Å². The Hall–Kier alpha value is -0.505. The van der Waals surface area contributed by atoms with Crippen molar-refractivity contribution in [3.8, 4) is 0 Å². The molecule has 0 amide bonds. The van der Waals surface area contributed by atoms with Crippen LogP contribution < -0.4 is 8.47 Å². The van der Waals surface area contributed by atoms with Crippen LogP contribution in [0.3, 0.4) is 0 Å². The normalized spacial score (nSPS) is 8.86. The molecule has 2 aromatic heterocycles. The van der Waals surface area contributed by atoms with E-state index >= 15 is 0 Å². The summed E-state index contributed by atoms with van der Waals surface area (Å²) in [4.78, 5) is 7.77. The number of hydrogen-bond acceptors (Lipinski definition) is 2. The summed E-state index contributed by atoms with van der Waals surface area (Å²) in [5.41, 5.74) is 0. The predicted molar refractivity (Wildman–Crippen MR) is 59.3 cm³/mol. The van der Waals surface area contributed by atoms with Gasteiger partial charge in [-0.05, 0) is 0 Å². The van der Waals surface area contributed by atoms with Crippen LogP contribution in [-0.2, 0) is 0 Å². The van der Waals surface area contributed by atoms with Gasteiger partial charge in [0.2, 0.25) is 0 Å². The topological polar surface area (TPSA) is 25.8 Å². The second-order valence-electron chi connectivity index (χ2n) is 3.06. The summed E-state index contributed by atoms with van der Waals surface area (Å²) in [6.45, 7) is 0. The van der Waals surface area contributed by atoms with Crippen LogP contribution in [-0.4, -0.2) is 45.4 Å². The Morgan fingerprint density at radius 1 is 0.786 bits per heavy atom. The Labute approximate surface area is 103 Å². The molecular formula is C10H8Li2N2. The van der Waals surface area contributed by atoms with E-state index in [4.69, 9.17) is 0 Å². The first kappa shape index (κ1) is 11.6. The molecule has 0 aliphatic carbocycles. The molecule has 0 bridgehead atoms. The molecule has 2 aromatic rings. The maximum absolute atomic E-state index is 3.88. The molecule has 0 aliphatic heterocycles. The van der Waals surface area contributed by atoms with Crippen molar-refractivity contribution in [3.63, 3.8) is 0 Å². The fourth-order valence-corrected chi connectivity index (χ4v) is 0.896. The van der Waals surface area contributed by atoms with Gasteiger partial charge in [-0.3, -0.25) is 0 Å². The molecule has 0 unspecified atom stereocenters. The molecule has 0 spiro atoms. The van der Waals surface area contributed by atoms with E-state index in [1.54, 1.807) is 12.4 Å². The van der Waals surface area contributed by atoms with E-state index in [2.05, 4.69) is 9.97 Å². The Bertz CT molecular complexity index is 314. The Balaban J connectivity index is 0.000000140. The molecule has 2 rings (SSSR count). The summed E-state index contributed by atoms with van der Waals surface area (Å²) in [6, 6.07) is 7.89. The Morgan fingerprint density at radius 3 is 1.36 bits per heavy atom. The van der Waals surface area contributed by atoms with Crippen molar-refractivity contribution in [2.24, 2.45) is 0 Å². The molecule has 0 N–H and O–H groups in total. The minimum absolute atomic E-state index is 1.21. The number of nitrogens with zero attached hydrogens (tertiary/aromatic N) is 2. The summed E-state index contributed by atoms with van der Waals surface area (Å²) in [5, 5.41) is 0. The van der Waals surface area contributed by atoms with E-state index in [9.17, 15) is 0 Å². The Morgan fingerprint density at radius 2 is 1.21 bits per heavy atom. The van der Waals surface area contributed by atoms with Gasteiger partial charge >= 0.3 is 103 Å². The number of rotatable bonds is 0. The third-order valence-corrected chi connectivity index (χ3v) is 1.62. The van der Waals surface area contributed by atoms with Gasteiger partial charge in [0.25, 0.3) is 0 Å². The van der Waals surface area contributed by atoms with Gasteiger partial charge in [0.15, 0.2) is 0 Å². The molecule has 0 fully saturated rings. The molecule has 0 atom stereocenters. The van der Waals surface area contributed by atoms with Crippen LogP contribution in [0.1, 0.15) is 0 Å². The first-order chi connectivity index (χ1) is 6.79. The van der Waals surface area contributed by atoms with Crippen molar-refractivity contribution < 1.29 is 0 Å². The van der Waals surface area contributed by atoms with Gasteiger partial charge in [0.1, 0.15) is 0 Å². The van der Waals surface area contributed by atoms with E-state index in [1.807, 2.05) is 72.1 Å². The number of pyridine rings is 2. The van der Waals surface area contributed by atoms with Crippen molar-refractivity contribution in [1.82, 2.24) is 9.97 Å². The average Bonchev–Trinajstić information content (AvgIpc) is 2.21. The zero-order chi connectivity index (χ0) is 10.2. The van der Waals surface area contributed by atoms with E-state index in [-0.39, 0.29) is 0 Å². The van der Waals surface area contributed by atoms with E-state index in [0.29, 0.717) is 0 Å². The van der Waals surface area contributed by atoms with Crippen LogP contribution in [0.25, 0.3) is 0 Å². The van der Waals surface area contributed by atoms with Crippen molar-refractivity contribution in [2.75, 3.05) is 0 Å². The fraction of sp³-hybridized carbons (Fsp3) is 0. The first-order valence-corrected chi connectivity index (χ1v) is 4.52. The third-order valence-electron chi connectivity index (χ3n) is 1.62. The molecule has 0 aromatic carbocycles. The van der Waals surface area contributed by atoms with E-state index in [1.165, 1.54) is 8.47 Å². The zero-order valence-electron chi connectivity index (χ0n) is 8.51. The summed E-state index contributed by atoms with van der Waals surface area (Å²) in [7, 11) is 0. The average molecular weight is 170 g/mol. The van der Waals surface area contributed by atoms with Gasteiger partial charge in [-0.25, -0.2) is 0 Å². The monoisotopic (exact) mass is 170 g/mol. The van der Waals surface area contributed by atoms with Crippen LogP contribution in [0, 0.1) is 0 Å². The quantitative estimate of drug-likeness (QED) is 0.509. The minimum atomic E-state index is 1.21. The predicted octanol–water partition coefficient (Wildman–Crippen LogP) is -0.249. The molecule has 14 heavy (non-hydrogen) atoms. The molecule has 4 heteroatoms. The van der Waals surface area contributed by atoms with Gasteiger partial charge in [-0.15, -0.1) is 0 Å². The standard InChI is InChI=1S/2C5H4N.2Li/c2*1-2-4-6-5-3-1;;/h2*1-2,4-5H;;. The summed E-state index contributed by atoms with van der Waals surface area (Å²) < 4.78 is 2.42. The second-order valence-corrected chi connectivity index (χ2v) is 3.06. The number of aromatic nitrogens is 2. The van der Waals surface area contributed by atoms with E-state index in [0.717, 1.165) is 0 Å². The van der Waals surface area contributed by atoms with Gasteiger partial charge in [0.05, 0.1) is 0 Å². The molecule has 2 heterocycles. The fourth-order valence-electron chi connectivity index (χ4n) is 0.896. The SMILES string of the molecule is [Li][c]1cccnc1.[Li][c]1cccnc1. The van der Waals surface area contributed by atoms with Gasteiger partial charge in [-0.1, -0.05) is 0 Å². The molecule has 0 aliphatic rings. The summed E-state index contributed by atoms with van der Waals surface area (Å²) in [5.74, 6) is 0. The van der Waals surface area contributed by atoms with Crippen LogP contribution in [0.5, 0.6) is 0 Å².